The van der Waals surface area contributed by atoms with Crippen LogP contribution in [0.2, 0.25) is 5.02 Å². The van der Waals surface area contributed by atoms with Crippen LogP contribution < -0.4 is 10.6 Å². The molecule has 0 saturated carbocycles. The zero-order chi connectivity index (χ0) is 13.1. The molecule has 2 N–H and O–H groups in total. The molecule has 2 rings (SSSR count). The highest BCUT2D eigenvalue weighted by Crippen LogP contribution is 2.15. The minimum atomic E-state index is -0.688. The van der Waals surface area contributed by atoms with Gasteiger partial charge in [-0.2, -0.15) is 0 Å². The Kier molecular flexibility index (Phi) is 3.62. The van der Waals surface area contributed by atoms with Gasteiger partial charge in [-0.25, -0.2) is 0 Å². The molecule has 5 nitrogen and oxygen atoms in total. The Hall–Kier alpha value is -1.88. The largest absolute Gasteiger partial charge is 0.340 e. The van der Waals surface area contributed by atoms with Crippen LogP contribution in [0.3, 0.4) is 0 Å². The number of carbonyl (C=O) groups is 3. The Morgan fingerprint density at radius 2 is 2.06 bits per heavy atom. The number of rotatable bonds is 2. The van der Waals surface area contributed by atoms with Crippen LogP contribution in [0.1, 0.15) is 23.2 Å². The SMILES string of the molecule is O=C1CCC(NC(=O)c2ccccc2Cl)C(=O)N1. The molecule has 0 spiro atoms. The Morgan fingerprint density at radius 1 is 1.33 bits per heavy atom. The number of carbonyl (C=O) groups excluding carboxylic acids is 3. The van der Waals surface area contributed by atoms with Crippen LogP contribution in [-0.2, 0) is 9.59 Å². The lowest BCUT2D eigenvalue weighted by Crippen LogP contribution is -2.52. The van der Waals surface area contributed by atoms with Gasteiger partial charge in [0, 0.05) is 6.42 Å². The highest BCUT2D eigenvalue weighted by atomic mass is 35.5. The highest BCUT2D eigenvalue weighted by Gasteiger charge is 2.28. The summed E-state index contributed by atoms with van der Waals surface area (Å²) in [4.78, 5) is 34.3. The first-order valence-corrected chi connectivity index (χ1v) is 5.85. The second kappa shape index (κ2) is 5.18. The van der Waals surface area contributed by atoms with Crippen LogP contribution >= 0.6 is 11.6 Å². The van der Waals surface area contributed by atoms with E-state index in [1.165, 1.54) is 0 Å². The molecule has 1 aromatic carbocycles. The Morgan fingerprint density at radius 3 is 2.72 bits per heavy atom. The van der Waals surface area contributed by atoms with E-state index in [1.807, 2.05) is 0 Å². The van der Waals surface area contributed by atoms with E-state index in [-0.39, 0.29) is 12.3 Å². The molecule has 6 heteroatoms. The van der Waals surface area contributed by atoms with Gasteiger partial charge < -0.3 is 5.32 Å². The fraction of sp³-hybridized carbons (Fsp3) is 0.250. The van der Waals surface area contributed by atoms with E-state index in [2.05, 4.69) is 10.6 Å². The predicted molar refractivity (Wildman–Crippen MR) is 65.1 cm³/mol. The first kappa shape index (κ1) is 12.6. The van der Waals surface area contributed by atoms with Gasteiger partial charge in [0.15, 0.2) is 0 Å². The van der Waals surface area contributed by atoms with Crippen molar-refractivity contribution >= 4 is 29.3 Å². The van der Waals surface area contributed by atoms with Crippen molar-refractivity contribution in [3.8, 4) is 0 Å². The molecule has 3 amide bonds. The van der Waals surface area contributed by atoms with Crippen molar-refractivity contribution in [3.05, 3.63) is 34.9 Å². The Labute approximate surface area is 109 Å². The monoisotopic (exact) mass is 266 g/mol. The van der Waals surface area contributed by atoms with Gasteiger partial charge in [0.25, 0.3) is 5.91 Å². The summed E-state index contributed by atoms with van der Waals surface area (Å²) in [7, 11) is 0. The molecule has 18 heavy (non-hydrogen) atoms. The fourth-order valence-corrected chi connectivity index (χ4v) is 1.93. The normalized spacial score (nSPS) is 19.3. The lowest BCUT2D eigenvalue weighted by Gasteiger charge is -2.21. The van der Waals surface area contributed by atoms with E-state index in [0.29, 0.717) is 17.0 Å². The van der Waals surface area contributed by atoms with Crippen LogP contribution in [-0.4, -0.2) is 23.8 Å². The smallest absolute Gasteiger partial charge is 0.253 e. The summed E-state index contributed by atoms with van der Waals surface area (Å²) in [6.45, 7) is 0. The lowest BCUT2D eigenvalue weighted by atomic mass is 10.1. The topological polar surface area (TPSA) is 75.3 Å². The van der Waals surface area contributed by atoms with Crippen molar-refractivity contribution in [2.75, 3.05) is 0 Å². The molecule has 0 radical (unpaired) electrons. The number of hydrogen-bond acceptors (Lipinski definition) is 3. The third-order valence-corrected chi connectivity index (χ3v) is 2.99. The first-order valence-electron chi connectivity index (χ1n) is 5.47. The number of benzene rings is 1. The number of piperidine rings is 1. The van der Waals surface area contributed by atoms with E-state index in [1.54, 1.807) is 24.3 Å². The van der Waals surface area contributed by atoms with E-state index in [0.717, 1.165) is 0 Å². The average Bonchev–Trinajstić information content (AvgIpc) is 2.33. The molecule has 1 atom stereocenters. The summed E-state index contributed by atoms with van der Waals surface area (Å²) in [5, 5.41) is 5.06. The van der Waals surface area contributed by atoms with Gasteiger partial charge in [-0.15, -0.1) is 0 Å². The van der Waals surface area contributed by atoms with Crippen molar-refractivity contribution in [2.24, 2.45) is 0 Å². The first-order chi connectivity index (χ1) is 8.58. The van der Waals surface area contributed by atoms with Crippen LogP contribution in [0.15, 0.2) is 24.3 Å². The maximum Gasteiger partial charge on any atom is 0.253 e. The summed E-state index contributed by atoms with van der Waals surface area (Å²) < 4.78 is 0. The molecule has 1 aliphatic rings. The Bertz CT molecular complexity index is 516. The molecule has 1 aliphatic heterocycles. The van der Waals surface area contributed by atoms with Gasteiger partial charge >= 0.3 is 0 Å². The summed E-state index contributed by atoms with van der Waals surface area (Å²) in [5.74, 6) is -1.22. The number of halogens is 1. The van der Waals surface area contributed by atoms with Gasteiger partial charge in [-0.3, -0.25) is 19.7 Å². The van der Waals surface area contributed by atoms with E-state index in [4.69, 9.17) is 11.6 Å². The molecule has 1 aromatic rings. The maximum absolute atomic E-state index is 11.9. The zero-order valence-electron chi connectivity index (χ0n) is 9.40. The lowest BCUT2D eigenvalue weighted by molar-refractivity contribution is -0.134. The average molecular weight is 267 g/mol. The Balaban J connectivity index is 2.06. The van der Waals surface area contributed by atoms with Crippen LogP contribution in [0.25, 0.3) is 0 Å². The molecule has 94 valence electrons. The molecular formula is C12H11ClN2O3. The molecule has 1 unspecified atom stereocenters. The number of nitrogens with one attached hydrogen (secondary N) is 2. The summed E-state index contributed by atoms with van der Waals surface area (Å²) in [6, 6.07) is 5.88. The molecule has 0 aromatic heterocycles. The number of amides is 3. The molecule has 0 bridgehead atoms. The van der Waals surface area contributed by atoms with Gasteiger partial charge in [-0.1, -0.05) is 23.7 Å². The number of hydrogen-bond donors (Lipinski definition) is 2. The third kappa shape index (κ3) is 2.68. The van der Waals surface area contributed by atoms with Gasteiger partial charge in [0.2, 0.25) is 11.8 Å². The van der Waals surface area contributed by atoms with Crippen LogP contribution in [0, 0.1) is 0 Å². The maximum atomic E-state index is 11.9. The second-order valence-corrected chi connectivity index (χ2v) is 4.36. The van der Waals surface area contributed by atoms with E-state index < -0.39 is 17.9 Å². The van der Waals surface area contributed by atoms with Crippen molar-refractivity contribution < 1.29 is 14.4 Å². The summed E-state index contributed by atoms with van der Waals surface area (Å²) in [6.07, 6.45) is 0.528. The molecule has 1 saturated heterocycles. The fourth-order valence-electron chi connectivity index (χ4n) is 1.71. The third-order valence-electron chi connectivity index (χ3n) is 2.66. The molecular weight excluding hydrogens is 256 g/mol. The van der Waals surface area contributed by atoms with Gasteiger partial charge in [-0.05, 0) is 18.6 Å². The quantitative estimate of drug-likeness (QED) is 0.780. The predicted octanol–water partition coefficient (Wildman–Crippen LogP) is 0.875. The van der Waals surface area contributed by atoms with Crippen molar-refractivity contribution in [1.82, 2.24) is 10.6 Å². The van der Waals surface area contributed by atoms with E-state index in [9.17, 15) is 14.4 Å². The minimum absolute atomic E-state index is 0.221. The number of imide groups is 1. The zero-order valence-corrected chi connectivity index (χ0v) is 10.2. The van der Waals surface area contributed by atoms with Gasteiger partial charge in [0.1, 0.15) is 6.04 Å². The van der Waals surface area contributed by atoms with Crippen molar-refractivity contribution in [1.29, 1.82) is 0 Å². The second-order valence-electron chi connectivity index (χ2n) is 3.96. The summed E-state index contributed by atoms with van der Waals surface area (Å²) in [5.41, 5.74) is 0.309. The van der Waals surface area contributed by atoms with Crippen LogP contribution in [0.4, 0.5) is 0 Å². The highest BCUT2D eigenvalue weighted by molar-refractivity contribution is 6.33. The van der Waals surface area contributed by atoms with Crippen LogP contribution in [0.5, 0.6) is 0 Å². The van der Waals surface area contributed by atoms with E-state index >= 15 is 0 Å². The summed E-state index contributed by atoms with van der Waals surface area (Å²) >= 11 is 5.88. The minimum Gasteiger partial charge on any atom is -0.340 e. The van der Waals surface area contributed by atoms with Crippen molar-refractivity contribution in [2.45, 2.75) is 18.9 Å². The standard InChI is InChI=1S/C12H11ClN2O3/c13-8-4-2-1-3-7(8)11(17)14-9-5-6-10(16)15-12(9)18/h1-4,9H,5-6H2,(H,14,17)(H,15,16,18). The molecule has 1 fully saturated rings. The molecule has 1 heterocycles. The van der Waals surface area contributed by atoms with Gasteiger partial charge in [0.05, 0.1) is 10.6 Å². The van der Waals surface area contributed by atoms with Crippen molar-refractivity contribution in [3.63, 3.8) is 0 Å². The molecule has 0 aliphatic carbocycles.